The Hall–Kier alpha value is -2.09. The Labute approximate surface area is 124 Å². The van der Waals surface area contributed by atoms with Gasteiger partial charge in [0.25, 0.3) is 0 Å². The molecule has 3 unspecified atom stereocenters. The maximum atomic E-state index is 11.5. The Morgan fingerprint density at radius 1 is 1.29 bits per heavy atom. The van der Waals surface area contributed by atoms with Gasteiger partial charge >= 0.3 is 5.97 Å². The minimum absolute atomic E-state index is 0.359. The van der Waals surface area contributed by atoms with Crippen LogP contribution in [0.2, 0.25) is 0 Å². The Morgan fingerprint density at radius 3 is 3.05 bits per heavy atom. The maximum absolute atomic E-state index is 11.5. The van der Waals surface area contributed by atoms with Gasteiger partial charge in [0.15, 0.2) is 0 Å². The molecule has 0 N–H and O–H groups in total. The van der Waals surface area contributed by atoms with Gasteiger partial charge in [0.1, 0.15) is 5.76 Å². The van der Waals surface area contributed by atoms with Crippen molar-refractivity contribution in [3.05, 3.63) is 71.6 Å². The first-order valence-corrected chi connectivity index (χ1v) is 7.63. The highest BCUT2D eigenvalue weighted by Gasteiger charge is 2.42. The molecule has 4 rings (SSSR count). The molecule has 2 nitrogen and oxygen atoms in total. The lowest BCUT2D eigenvalue weighted by atomic mass is 9.59. The lowest BCUT2D eigenvalue weighted by Gasteiger charge is -2.45. The highest BCUT2D eigenvalue weighted by atomic mass is 16.5. The van der Waals surface area contributed by atoms with E-state index in [1.165, 1.54) is 30.9 Å². The van der Waals surface area contributed by atoms with Crippen LogP contribution in [0, 0.1) is 17.8 Å². The number of hydrogen-bond acceptors (Lipinski definition) is 2. The average Bonchev–Trinajstić information content (AvgIpc) is 2.53. The van der Waals surface area contributed by atoms with Crippen LogP contribution in [0.25, 0.3) is 0 Å². The minimum Gasteiger partial charge on any atom is -0.423 e. The van der Waals surface area contributed by atoms with Gasteiger partial charge in [-0.25, -0.2) is 4.79 Å². The van der Waals surface area contributed by atoms with E-state index in [1.54, 1.807) is 5.57 Å². The van der Waals surface area contributed by atoms with Crippen molar-refractivity contribution in [3.8, 4) is 0 Å². The summed E-state index contributed by atoms with van der Waals surface area (Å²) in [5.74, 6) is 1.84. The van der Waals surface area contributed by atoms with Gasteiger partial charge in [-0.05, 0) is 42.7 Å². The summed E-state index contributed by atoms with van der Waals surface area (Å²) < 4.78 is 5.44. The lowest BCUT2D eigenvalue weighted by Crippen LogP contribution is -2.35. The summed E-state index contributed by atoms with van der Waals surface area (Å²) in [5.41, 5.74) is 4.05. The Balaban J connectivity index is 1.81. The fraction of sp³-hybridized carbons (Fsp3) is 0.316. The molecule has 106 valence electrons. The molecule has 0 saturated heterocycles. The third kappa shape index (κ3) is 1.90. The van der Waals surface area contributed by atoms with Crippen molar-refractivity contribution in [1.82, 2.24) is 0 Å². The third-order valence-corrected chi connectivity index (χ3v) is 5.05. The molecule has 0 amide bonds. The average molecular weight is 278 g/mol. The van der Waals surface area contributed by atoms with E-state index < -0.39 is 0 Å². The van der Waals surface area contributed by atoms with E-state index >= 15 is 0 Å². The van der Waals surface area contributed by atoms with Crippen molar-refractivity contribution in [2.75, 3.05) is 0 Å². The van der Waals surface area contributed by atoms with Gasteiger partial charge in [0, 0.05) is 17.6 Å². The monoisotopic (exact) mass is 278 g/mol. The second kappa shape index (κ2) is 4.73. The molecule has 0 aromatic rings. The van der Waals surface area contributed by atoms with E-state index in [0.29, 0.717) is 23.5 Å². The summed E-state index contributed by atoms with van der Waals surface area (Å²) in [7, 11) is 0. The van der Waals surface area contributed by atoms with Crippen molar-refractivity contribution in [2.24, 2.45) is 17.8 Å². The van der Waals surface area contributed by atoms with Crippen LogP contribution in [0.15, 0.2) is 71.6 Å². The van der Waals surface area contributed by atoms with E-state index in [2.05, 4.69) is 37.0 Å². The second-order valence-electron chi connectivity index (χ2n) is 6.11. The highest BCUT2D eigenvalue weighted by molar-refractivity contribution is 5.82. The molecular formula is C19H18O2. The summed E-state index contributed by atoms with van der Waals surface area (Å²) >= 11 is 0. The summed E-state index contributed by atoms with van der Waals surface area (Å²) in [6.45, 7) is 3.47. The van der Waals surface area contributed by atoms with Gasteiger partial charge in [0.2, 0.25) is 0 Å². The van der Waals surface area contributed by atoms with Crippen LogP contribution >= 0.6 is 0 Å². The Kier molecular flexibility index (Phi) is 2.85. The number of ether oxygens (including phenoxy) is 1. The number of esters is 1. The summed E-state index contributed by atoms with van der Waals surface area (Å²) in [6.07, 6.45) is 18.0. The zero-order valence-corrected chi connectivity index (χ0v) is 11.9. The predicted molar refractivity (Wildman–Crippen MR) is 82.1 cm³/mol. The van der Waals surface area contributed by atoms with Crippen LogP contribution in [0.5, 0.6) is 0 Å². The Morgan fingerprint density at radius 2 is 2.19 bits per heavy atom. The maximum Gasteiger partial charge on any atom is 0.335 e. The molecule has 0 aromatic heterocycles. The molecule has 4 aliphatic rings. The second-order valence-corrected chi connectivity index (χ2v) is 6.11. The van der Waals surface area contributed by atoms with Gasteiger partial charge in [-0.1, -0.05) is 42.5 Å². The zero-order valence-electron chi connectivity index (χ0n) is 11.9. The van der Waals surface area contributed by atoms with Crippen LogP contribution in [0.4, 0.5) is 0 Å². The molecule has 0 heterocycles. The third-order valence-electron chi connectivity index (χ3n) is 5.05. The summed E-state index contributed by atoms with van der Waals surface area (Å²) in [5, 5.41) is 0. The molecular weight excluding hydrogens is 260 g/mol. The molecule has 1 fully saturated rings. The standard InChI is InChI=1S/C19H18O2/c1-2-17(20)21-16-11-9-14-7-6-12-4-3-5-13-8-10-15(16)19(14)18(12)13/h2,6-11,13,18-19H,1,3-5H2. The highest BCUT2D eigenvalue weighted by Crippen LogP contribution is 2.52. The zero-order chi connectivity index (χ0) is 14.4. The SMILES string of the molecule is C=CC(=O)OC1=C2C=CC3CCCC4=CC=C(C=C1)C2C43. The van der Waals surface area contributed by atoms with Gasteiger partial charge < -0.3 is 4.74 Å². The lowest BCUT2D eigenvalue weighted by molar-refractivity contribution is -0.133. The smallest absolute Gasteiger partial charge is 0.335 e. The van der Waals surface area contributed by atoms with Crippen molar-refractivity contribution >= 4 is 5.97 Å². The Bertz CT molecular complexity index is 670. The van der Waals surface area contributed by atoms with Gasteiger partial charge in [-0.15, -0.1) is 0 Å². The molecule has 2 heteroatoms. The fourth-order valence-electron chi connectivity index (χ4n) is 4.16. The van der Waals surface area contributed by atoms with Crippen LogP contribution in [-0.2, 0) is 9.53 Å². The molecule has 0 aromatic carbocycles. The van der Waals surface area contributed by atoms with Gasteiger partial charge in [-0.2, -0.15) is 0 Å². The normalized spacial score (nSPS) is 32.1. The molecule has 21 heavy (non-hydrogen) atoms. The first kappa shape index (κ1) is 12.6. The van der Waals surface area contributed by atoms with E-state index in [-0.39, 0.29) is 5.97 Å². The molecule has 0 aliphatic heterocycles. The summed E-state index contributed by atoms with van der Waals surface area (Å²) in [4.78, 5) is 11.5. The van der Waals surface area contributed by atoms with Crippen molar-refractivity contribution in [3.63, 3.8) is 0 Å². The topological polar surface area (TPSA) is 26.3 Å². The van der Waals surface area contributed by atoms with Crippen LogP contribution in [0.1, 0.15) is 19.3 Å². The summed E-state index contributed by atoms with van der Waals surface area (Å²) in [6, 6.07) is 0. The number of carbonyl (C=O) groups is 1. The van der Waals surface area contributed by atoms with Gasteiger partial charge in [-0.3, -0.25) is 0 Å². The predicted octanol–water partition coefficient (Wildman–Crippen LogP) is 4.01. The van der Waals surface area contributed by atoms with E-state index in [1.807, 2.05) is 6.08 Å². The molecule has 0 spiro atoms. The number of carbonyl (C=O) groups excluding carboxylic acids is 1. The number of hydrogen-bond donors (Lipinski definition) is 0. The van der Waals surface area contributed by atoms with Crippen molar-refractivity contribution in [2.45, 2.75) is 19.3 Å². The largest absolute Gasteiger partial charge is 0.423 e. The molecule has 1 saturated carbocycles. The number of rotatable bonds is 2. The first-order valence-electron chi connectivity index (χ1n) is 7.63. The fourth-order valence-corrected chi connectivity index (χ4v) is 4.16. The molecule has 4 aliphatic carbocycles. The van der Waals surface area contributed by atoms with E-state index in [4.69, 9.17) is 4.74 Å². The first-order chi connectivity index (χ1) is 10.3. The molecule has 0 radical (unpaired) electrons. The van der Waals surface area contributed by atoms with Crippen LogP contribution < -0.4 is 0 Å². The number of allylic oxidation sites excluding steroid dienone is 9. The minimum atomic E-state index is -0.389. The van der Waals surface area contributed by atoms with Crippen LogP contribution in [0.3, 0.4) is 0 Å². The van der Waals surface area contributed by atoms with E-state index in [0.717, 1.165) is 5.57 Å². The van der Waals surface area contributed by atoms with Gasteiger partial charge in [0.05, 0.1) is 0 Å². The van der Waals surface area contributed by atoms with E-state index in [9.17, 15) is 4.79 Å². The van der Waals surface area contributed by atoms with Crippen molar-refractivity contribution in [1.29, 1.82) is 0 Å². The molecule has 0 bridgehead atoms. The van der Waals surface area contributed by atoms with Crippen LogP contribution in [-0.4, -0.2) is 5.97 Å². The molecule has 3 atom stereocenters. The van der Waals surface area contributed by atoms with Crippen molar-refractivity contribution < 1.29 is 9.53 Å². The quantitative estimate of drug-likeness (QED) is 0.563.